The van der Waals surface area contributed by atoms with E-state index in [1.54, 1.807) is 49.6 Å². The van der Waals surface area contributed by atoms with Crippen molar-refractivity contribution in [1.82, 2.24) is 0 Å². The van der Waals surface area contributed by atoms with E-state index in [2.05, 4.69) is 0 Å². The lowest BCUT2D eigenvalue weighted by Crippen LogP contribution is -2.25. The lowest BCUT2D eigenvalue weighted by molar-refractivity contribution is -0.135. The zero-order valence-corrected chi connectivity index (χ0v) is 19.5. The Balaban J connectivity index is 1.48. The molecule has 7 heteroatoms. The number of hydrogen-bond donors (Lipinski definition) is 0. The number of carbonyl (C=O) groups is 2. The molecular formula is C29H20O7. The number of methoxy groups -OCH3 is 1. The number of benzene rings is 3. The summed E-state index contributed by atoms with van der Waals surface area (Å²) >= 11 is 0. The fourth-order valence-electron chi connectivity index (χ4n) is 4.72. The van der Waals surface area contributed by atoms with Crippen LogP contribution in [0.25, 0.3) is 17.0 Å². The molecule has 7 nitrogen and oxygen atoms in total. The first-order chi connectivity index (χ1) is 17.4. The second kappa shape index (κ2) is 8.23. The first-order valence-corrected chi connectivity index (χ1v) is 11.4. The average molecular weight is 480 g/mol. The molecule has 0 N–H and O–H groups in total. The number of rotatable bonds is 3. The van der Waals surface area contributed by atoms with Crippen LogP contribution in [0, 0.1) is 6.92 Å². The van der Waals surface area contributed by atoms with Crippen molar-refractivity contribution in [3.63, 3.8) is 0 Å². The minimum Gasteiger partial charge on any atom is -0.497 e. The summed E-state index contributed by atoms with van der Waals surface area (Å²) < 4.78 is 22.5. The first-order valence-electron chi connectivity index (χ1n) is 11.4. The number of carbonyl (C=O) groups excluding carboxylic acids is 2. The standard InChI is InChI=1S/C29H20O7/c1-15-3-9-22-20(11-15)27(31)21(14-34-22)19-13-25(30)35-23-10-8-18-28(32)24(36-29(18)26(19)23)12-16-4-6-17(33-2)7-5-16/h3-12,14,19H,13H2,1-2H3/b24-12-/t19-/m1/s1. The highest BCUT2D eigenvalue weighted by atomic mass is 16.5. The molecule has 0 fully saturated rings. The van der Waals surface area contributed by atoms with Crippen LogP contribution < -0.4 is 19.6 Å². The van der Waals surface area contributed by atoms with Gasteiger partial charge < -0.3 is 18.6 Å². The van der Waals surface area contributed by atoms with Gasteiger partial charge in [-0.15, -0.1) is 0 Å². The summed E-state index contributed by atoms with van der Waals surface area (Å²) in [6, 6.07) is 15.7. The molecule has 36 heavy (non-hydrogen) atoms. The second-order valence-corrected chi connectivity index (χ2v) is 8.82. The maximum Gasteiger partial charge on any atom is 0.312 e. The number of Topliss-reactive ketones (excluding diaryl/α,β-unsaturated/α-hetero) is 1. The number of allylic oxidation sites excluding steroid dienone is 1. The van der Waals surface area contributed by atoms with Gasteiger partial charge in [0.25, 0.3) is 0 Å². The molecule has 3 heterocycles. The molecule has 2 aliphatic rings. The van der Waals surface area contributed by atoms with Gasteiger partial charge in [0.2, 0.25) is 5.78 Å². The molecule has 0 spiro atoms. The van der Waals surface area contributed by atoms with E-state index in [4.69, 9.17) is 18.6 Å². The monoisotopic (exact) mass is 480 g/mol. The molecule has 1 atom stereocenters. The highest BCUT2D eigenvalue weighted by molar-refractivity contribution is 6.15. The number of fused-ring (bicyclic) bond motifs is 4. The molecule has 0 aliphatic carbocycles. The fourth-order valence-corrected chi connectivity index (χ4v) is 4.72. The van der Waals surface area contributed by atoms with Gasteiger partial charge in [-0.2, -0.15) is 0 Å². The van der Waals surface area contributed by atoms with E-state index in [1.807, 2.05) is 25.1 Å². The van der Waals surface area contributed by atoms with Gasteiger partial charge in [0.15, 0.2) is 11.2 Å². The smallest absolute Gasteiger partial charge is 0.312 e. The van der Waals surface area contributed by atoms with Gasteiger partial charge in [-0.3, -0.25) is 14.4 Å². The van der Waals surface area contributed by atoms with Crippen molar-refractivity contribution < 1.29 is 28.2 Å². The molecule has 6 rings (SSSR count). The molecule has 0 radical (unpaired) electrons. The largest absolute Gasteiger partial charge is 0.497 e. The minimum atomic E-state index is -0.689. The average Bonchev–Trinajstić information content (AvgIpc) is 3.19. The van der Waals surface area contributed by atoms with E-state index in [0.29, 0.717) is 39.2 Å². The zero-order chi connectivity index (χ0) is 25.0. The third-order valence-corrected chi connectivity index (χ3v) is 6.52. The SMILES string of the molecule is COc1ccc(/C=C2\Oc3c(ccc4c3[C@@H](c3coc5ccc(C)cc5c3=O)CC(=O)O4)C2=O)cc1. The van der Waals surface area contributed by atoms with E-state index in [-0.39, 0.29) is 29.1 Å². The molecule has 2 aliphatic heterocycles. The predicted octanol–water partition coefficient (Wildman–Crippen LogP) is 5.17. The molecule has 0 amide bonds. The molecule has 0 bridgehead atoms. The van der Waals surface area contributed by atoms with E-state index >= 15 is 0 Å². The van der Waals surface area contributed by atoms with Crippen LogP contribution >= 0.6 is 0 Å². The highest BCUT2D eigenvalue weighted by Gasteiger charge is 2.39. The topological polar surface area (TPSA) is 92.0 Å². The lowest BCUT2D eigenvalue weighted by Gasteiger charge is -2.25. The van der Waals surface area contributed by atoms with Gasteiger partial charge >= 0.3 is 5.97 Å². The molecular weight excluding hydrogens is 460 g/mol. The summed E-state index contributed by atoms with van der Waals surface area (Å²) in [4.78, 5) is 39.1. The Kier molecular flexibility index (Phi) is 5.00. The Morgan fingerprint density at radius 3 is 2.56 bits per heavy atom. The Bertz CT molecular complexity index is 1660. The van der Waals surface area contributed by atoms with Crippen molar-refractivity contribution in [2.75, 3.05) is 7.11 Å². The molecule has 4 aromatic rings. The Hall–Kier alpha value is -4.65. The molecule has 0 unspecified atom stereocenters. The third-order valence-electron chi connectivity index (χ3n) is 6.52. The van der Waals surface area contributed by atoms with Crippen LogP contribution in [-0.2, 0) is 4.79 Å². The number of esters is 1. The summed E-state index contributed by atoms with van der Waals surface area (Å²) in [7, 11) is 1.58. The van der Waals surface area contributed by atoms with E-state index in [9.17, 15) is 14.4 Å². The normalized spacial score (nSPS) is 17.5. The quantitative estimate of drug-likeness (QED) is 0.227. The van der Waals surface area contributed by atoms with E-state index in [1.165, 1.54) is 6.26 Å². The van der Waals surface area contributed by atoms with Gasteiger partial charge in [-0.05, 0) is 55.0 Å². The van der Waals surface area contributed by atoms with Crippen molar-refractivity contribution >= 4 is 28.8 Å². The Labute approximate surface area is 205 Å². The van der Waals surface area contributed by atoms with Crippen LogP contribution in [0.3, 0.4) is 0 Å². The van der Waals surface area contributed by atoms with Crippen molar-refractivity contribution in [3.8, 4) is 17.2 Å². The third kappa shape index (κ3) is 3.48. The van der Waals surface area contributed by atoms with Crippen LogP contribution in [0.15, 0.2) is 75.8 Å². The molecule has 0 saturated carbocycles. The van der Waals surface area contributed by atoms with E-state index < -0.39 is 11.9 Å². The van der Waals surface area contributed by atoms with Crippen molar-refractivity contribution in [3.05, 3.63) is 105 Å². The van der Waals surface area contributed by atoms with Gasteiger partial charge in [0, 0.05) is 17.0 Å². The van der Waals surface area contributed by atoms with Crippen LogP contribution in [0.2, 0.25) is 0 Å². The maximum absolute atomic E-state index is 13.5. The molecule has 0 saturated heterocycles. The summed E-state index contributed by atoms with van der Waals surface area (Å²) in [5.74, 6) is -0.0705. The van der Waals surface area contributed by atoms with Crippen molar-refractivity contribution in [1.29, 1.82) is 0 Å². The minimum absolute atomic E-state index is 0.0827. The molecule has 178 valence electrons. The highest BCUT2D eigenvalue weighted by Crippen LogP contribution is 2.48. The fraction of sp³-hybridized carbons (Fsp3) is 0.138. The number of ether oxygens (including phenoxy) is 3. The molecule has 3 aromatic carbocycles. The predicted molar refractivity (Wildman–Crippen MR) is 132 cm³/mol. The Morgan fingerprint density at radius 2 is 1.78 bits per heavy atom. The lowest BCUT2D eigenvalue weighted by atomic mass is 9.85. The Morgan fingerprint density at radius 1 is 0.972 bits per heavy atom. The van der Waals surface area contributed by atoms with Crippen LogP contribution in [0.4, 0.5) is 0 Å². The first kappa shape index (κ1) is 21.9. The van der Waals surface area contributed by atoms with Crippen LogP contribution in [0.5, 0.6) is 17.2 Å². The van der Waals surface area contributed by atoms with Crippen molar-refractivity contribution in [2.45, 2.75) is 19.3 Å². The van der Waals surface area contributed by atoms with Gasteiger partial charge in [-0.1, -0.05) is 23.8 Å². The summed E-state index contributed by atoms with van der Waals surface area (Å²) in [5, 5.41) is 0.428. The van der Waals surface area contributed by atoms with Crippen LogP contribution in [-0.4, -0.2) is 18.9 Å². The molecule has 1 aromatic heterocycles. The second-order valence-electron chi connectivity index (χ2n) is 8.82. The van der Waals surface area contributed by atoms with Crippen molar-refractivity contribution in [2.24, 2.45) is 0 Å². The van der Waals surface area contributed by atoms with Gasteiger partial charge in [-0.25, -0.2) is 0 Å². The number of ketones is 1. The summed E-state index contributed by atoms with van der Waals surface area (Å²) in [6.45, 7) is 1.89. The summed E-state index contributed by atoms with van der Waals surface area (Å²) in [6.07, 6.45) is 2.95. The van der Waals surface area contributed by atoms with Gasteiger partial charge in [0.05, 0.1) is 30.7 Å². The van der Waals surface area contributed by atoms with E-state index in [0.717, 1.165) is 11.1 Å². The van der Waals surface area contributed by atoms with Crippen LogP contribution in [0.1, 0.15) is 45.0 Å². The zero-order valence-electron chi connectivity index (χ0n) is 19.5. The number of hydrogen-bond acceptors (Lipinski definition) is 7. The number of aryl methyl sites for hydroxylation is 1. The summed E-state index contributed by atoms with van der Waals surface area (Å²) in [5.41, 5.74) is 3.04. The van der Waals surface area contributed by atoms with Gasteiger partial charge in [0.1, 0.15) is 22.8 Å². The maximum atomic E-state index is 13.5.